The van der Waals surface area contributed by atoms with Gasteiger partial charge in [-0.1, -0.05) is 109 Å². The third-order valence-electron chi connectivity index (χ3n) is 5.27. The van der Waals surface area contributed by atoms with E-state index in [4.69, 9.17) is 4.98 Å². The molecule has 5 rings (SSSR count). The third-order valence-corrected chi connectivity index (χ3v) is 6.26. The van der Waals surface area contributed by atoms with Crippen LogP contribution in [-0.4, -0.2) is 9.55 Å². The van der Waals surface area contributed by atoms with Gasteiger partial charge in [0.05, 0.1) is 11.4 Å². The number of thioether (sulfide) groups is 1. The van der Waals surface area contributed by atoms with E-state index in [0.29, 0.717) is 11.3 Å². The lowest BCUT2D eigenvalue weighted by Gasteiger charge is -2.13. The van der Waals surface area contributed by atoms with Crippen molar-refractivity contribution in [2.45, 2.75) is 10.9 Å². The molecule has 4 aromatic carbocycles. The molecule has 0 saturated carbocycles. The first kappa shape index (κ1) is 20.3. The van der Waals surface area contributed by atoms with Gasteiger partial charge < -0.3 is 0 Å². The van der Waals surface area contributed by atoms with Crippen molar-refractivity contribution in [1.82, 2.24) is 9.55 Å². The number of aromatic nitrogens is 2. The van der Waals surface area contributed by atoms with Crippen molar-refractivity contribution >= 4 is 11.8 Å². The molecule has 0 fully saturated rings. The highest BCUT2D eigenvalue weighted by Crippen LogP contribution is 2.39. The summed E-state index contributed by atoms with van der Waals surface area (Å²) < 4.78 is 16.5. The average molecular weight is 437 g/mol. The Bertz CT molecular complexity index is 1320. The predicted molar refractivity (Wildman–Crippen MR) is 130 cm³/mol. The summed E-state index contributed by atoms with van der Waals surface area (Å²) in [4.78, 5) is 5.08. The minimum absolute atomic E-state index is 0.190. The average Bonchev–Trinajstić information content (AvgIpc) is 3.25. The Balaban J connectivity index is 1.70. The molecule has 0 bridgehead atoms. The van der Waals surface area contributed by atoms with Crippen LogP contribution in [0.25, 0.3) is 28.2 Å². The summed E-state index contributed by atoms with van der Waals surface area (Å²) in [6.45, 7) is 0. The van der Waals surface area contributed by atoms with Crippen molar-refractivity contribution in [1.29, 1.82) is 0 Å². The van der Waals surface area contributed by atoms with Gasteiger partial charge in [0, 0.05) is 22.6 Å². The Morgan fingerprint density at radius 3 is 1.88 bits per heavy atom. The van der Waals surface area contributed by atoms with E-state index in [1.807, 2.05) is 66.7 Å². The molecule has 2 nitrogen and oxygen atoms in total. The van der Waals surface area contributed by atoms with Crippen molar-refractivity contribution in [3.63, 3.8) is 0 Å². The number of hydrogen-bond donors (Lipinski definition) is 0. The molecule has 0 unspecified atom stereocenters. The fourth-order valence-corrected chi connectivity index (χ4v) is 4.73. The van der Waals surface area contributed by atoms with Crippen LogP contribution in [-0.2, 0) is 5.75 Å². The second kappa shape index (κ2) is 9.25. The fraction of sp³-hybridized carbons (Fsp3) is 0.0357. The van der Waals surface area contributed by atoms with E-state index in [1.54, 1.807) is 17.8 Å². The smallest absolute Gasteiger partial charge is 0.174 e. The Kier molecular flexibility index (Phi) is 5.86. The summed E-state index contributed by atoms with van der Waals surface area (Å²) in [7, 11) is 0. The Morgan fingerprint density at radius 2 is 1.22 bits per heavy atom. The lowest BCUT2D eigenvalue weighted by molar-refractivity contribution is 0.617. The van der Waals surface area contributed by atoms with Crippen LogP contribution < -0.4 is 0 Å². The summed E-state index contributed by atoms with van der Waals surface area (Å²) in [5, 5.41) is 0.831. The fourth-order valence-electron chi connectivity index (χ4n) is 3.73. The van der Waals surface area contributed by atoms with Crippen molar-refractivity contribution in [3.8, 4) is 28.2 Å². The van der Waals surface area contributed by atoms with Gasteiger partial charge in [0.1, 0.15) is 5.82 Å². The zero-order valence-electron chi connectivity index (χ0n) is 17.4. The van der Waals surface area contributed by atoms with Crippen LogP contribution in [0.4, 0.5) is 4.39 Å². The Morgan fingerprint density at radius 1 is 0.656 bits per heavy atom. The Hall–Kier alpha value is -3.63. The quantitative estimate of drug-likeness (QED) is 0.255. The van der Waals surface area contributed by atoms with Crippen LogP contribution >= 0.6 is 11.8 Å². The third kappa shape index (κ3) is 4.10. The summed E-state index contributed by atoms with van der Waals surface area (Å²) in [5.41, 5.74) is 5.77. The molecule has 0 atom stereocenters. The number of hydrogen-bond acceptors (Lipinski definition) is 2. The van der Waals surface area contributed by atoms with Gasteiger partial charge in [-0.3, -0.25) is 4.57 Å². The van der Waals surface area contributed by atoms with Gasteiger partial charge in [-0.2, -0.15) is 0 Å². The minimum Gasteiger partial charge on any atom is -0.287 e. The molecule has 0 aliphatic heterocycles. The van der Waals surface area contributed by atoms with E-state index >= 15 is 0 Å². The summed E-state index contributed by atoms with van der Waals surface area (Å²) >= 11 is 1.55. The molecule has 0 amide bonds. The highest BCUT2D eigenvalue weighted by molar-refractivity contribution is 7.98. The first-order valence-corrected chi connectivity index (χ1v) is 11.4. The lowest BCUT2D eigenvalue weighted by atomic mass is 10.0. The molecular weight excluding hydrogens is 415 g/mol. The highest BCUT2D eigenvalue weighted by Gasteiger charge is 2.21. The molecule has 0 aliphatic rings. The summed E-state index contributed by atoms with van der Waals surface area (Å²) in [6, 6.07) is 37.7. The van der Waals surface area contributed by atoms with E-state index in [9.17, 15) is 4.39 Å². The van der Waals surface area contributed by atoms with Crippen LogP contribution in [0.2, 0.25) is 0 Å². The maximum atomic E-state index is 14.3. The summed E-state index contributed by atoms with van der Waals surface area (Å²) in [6.07, 6.45) is 0. The first-order valence-electron chi connectivity index (χ1n) is 10.5. The number of para-hydroxylation sites is 1. The highest BCUT2D eigenvalue weighted by atomic mass is 32.2. The molecule has 1 heterocycles. The molecule has 32 heavy (non-hydrogen) atoms. The first-order chi connectivity index (χ1) is 15.8. The van der Waals surface area contributed by atoms with E-state index in [2.05, 4.69) is 41.0 Å². The molecule has 0 aliphatic carbocycles. The van der Waals surface area contributed by atoms with Gasteiger partial charge in [0.2, 0.25) is 0 Å². The molecular formula is C28H21FN2S. The van der Waals surface area contributed by atoms with Gasteiger partial charge >= 0.3 is 0 Å². The number of benzene rings is 4. The van der Waals surface area contributed by atoms with E-state index in [1.165, 1.54) is 6.07 Å². The number of halogens is 1. The number of rotatable bonds is 6. The van der Waals surface area contributed by atoms with Gasteiger partial charge in [0.25, 0.3) is 0 Å². The van der Waals surface area contributed by atoms with E-state index in [-0.39, 0.29) is 5.82 Å². The molecule has 0 radical (unpaired) electrons. The second-order valence-electron chi connectivity index (χ2n) is 7.37. The van der Waals surface area contributed by atoms with Crippen molar-refractivity contribution in [2.75, 3.05) is 0 Å². The molecule has 0 spiro atoms. The minimum atomic E-state index is -0.190. The molecule has 156 valence electrons. The van der Waals surface area contributed by atoms with Crippen molar-refractivity contribution < 1.29 is 4.39 Å². The Labute approximate surface area is 191 Å². The molecule has 0 saturated heterocycles. The van der Waals surface area contributed by atoms with E-state index in [0.717, 1.165) is 33.4 Å². The van der Waals surface area contributed by atoms with Gasteiger partial charge in [-0.15, -0.1) is 0 Å². The molecule has 5 aromatic rings. The number of imidazole rings is 1. The van der Waals surface area contributed by atoms with Gasteiger partial charge in [0.15, 0.2) is 5.16 Å². The maximum absolute atomic E-state index is 14.3. The van der Waals surface area contributed by atoms with Crippen molar-refractivity contribution in [3.05, 3.63) is 127 Å². The topological polar surface area (TPSA) is 17.8 Å². The van der Waals surface area contributed by atoms with Crippen LogP contribution in [0.1, 0.15) is 5.56 Å². The second-order valence-corrected chi connectivity index (χ2v) is 8.32. The standard InChI is InChI=1S/C28H21FN2S/c29-25-19-11-10-16-23(25)20-32-28-30-26(21-12-4-1-5-13-21)27(22-14-6-2-7-15-22)31(28)24-17-8-3-9-18-24/h1-19H,20H2. The number of nitrogens with zero attached hydrogens (tertiary/aromatic N) is 2. The zero-order valence-corrected chi connectivity index (χ0v) is 18.2. The predicted octanol–water partition coefficient (Wildman–Crippen LogP) is 7.64. The van der Waals surface area contributed by atoms with Gasteiger partial charge in [-0.05, 0) is 23.8 Å². The lowest BCUT2D eigenvalue weighted by Crippen LogP contribution is -2.00. The monoisotopic (exact) mass is 436 g/mol. The van der Waals surface area contributed by atoms with Gasteiger partial charge in [-0.25, -0.2) is 9.37 Å². The molecule has 1 aromatic heterocycles. The van der Waals surface area contributed by atoms with Crippen LogP contribution in [0.3, 0.4) is 0 Å². The normalized spacial score (nSPS) is 10.9. The summed E-state index contributed by atoms with van der Waals surface area (Å²) in [5.74, 6) is 0.309. The van der Waals surface area contributed by atoms with E-state index < -0.39 is 0 Å². The van der Waals surface area contributed by atoms with Crippen LogP contribution in [0.15, 0.2) is 120 Å². The maximum Gasteiger partial charge on any atom is 0.174 e. The SMILES string of the molecule is Fc1ccccc1CSc1nc(-c2ccccc2)c(-c2ccccc2)n1-c1ccccc1. The molecule has 4 heteroatoms. The largest absolute Gasteiger partial charge is 0.287 e. The van der Waals surface area contributed by atoms with Crippen LogP contribution in [0.5, 0.6) is 0 Å². The molecule has 0 N–H and O–H groups in total. The van der Waals surface area contributed by atoms with Crippen molar-refractivity contribution in [2.24, 2.45) is 0 Å². The zero-order chi connectivity index (χ0) is 21.8. The van der Waals surface area contributed by atoms with Crippen LogP contribution in [0, 0.1) is 5.82 Å².